The first kappa shape index (κ1) is 25.1. The van der Waals surface area contributed by atoms with Crippen LogP contribution in [0.2, 0.25) is 0 Å². The average Bonchev–Trinajstić information content (AvgIpc) is 3.44. The molecule has 0 saturated heterocycles. The Morgan fingerprint density at radius 1 is 1.29 bits per heavy atom. The van der Waals surface area contributed by atoms with Gasteiger partial charge in [0.15, 0.2) is 6.61 Å². The van der Waals surface area contributed by atoms with Gasteiger partial charge in [0.25, 0.3) is 11.1 Å². The minimum absolute atomic E-state index is 0.0963. The molecule has 1 amide bonds. The summed E-state index contributed by atoms with van der Waals surface area (Å²) < 4.78 is 16.3. The highest BCUT2D eigenvalue weighted by molar-refractivity contribution is 7.99. The lowest BCUT2D eigenvalue weighted by Gasteiger charge is -2.33. The largest absolute Gasteiger partial charge is 0.497 e. The molecule has 184 valence electrons. The molecule has 1 aliphatic carbocycles. The predicted molar refractivity (Wildman–Crippen MR) is 135 cm³/mol. The van der Waals surface area contributed by atoms with E-state index in [4.69, 9.17) is 13.9 Å². The van der Waals surface area contributed by atoms with E-state index in [1.165, 1.54) is 16.2 Å². The summed E-state index contributed by atoms with van der Waals surface area (Å²) in [6.07, 6.45) is 2.89. The molecule has 3 aromatic rings. The Morgan fingerprint density at radius 3 is 2.71 bits per heavy atom. The number of benzene rings is 1. The van der Waals surface area contributed by atoms with Crippen LogP contribution in [0.4, 0.5) is 5.00 Å². The number of rotatable bonds is 8. The monoisotopic (exact) mass is 512 g/mol. The number of nitriles is 1. The molecular weight excluding hydrogens is 484 g/mol. The molecule has 10 heteroatoms. The molecule has 4 rings (SSSR count). The second-order valence-corrected chi connectivity index (χ2v) is 11.4. The third-order valence-electron chi connectivity index (χ3n) is 6.05. The van der Waals surface area contributed by atoms with E-state index in [9.17, 15) is 10.1 Å². The Hall–Kier alpha value is -3.03. The van der Waals surface area contributed by atoms with Gasteiger partial charge in [0.2, 0.25) is 5.91 Å². The maximum atomic E-state index is 12.6. The van der Waals surface area contributed by atoms with Crippen molar-refractivity contribution in [2.45, 2.75) is 51.9 Å². The lowest BCUT2D eigenvalue weighted by atomic mass is 9.72. The van der Waals surface area contributed by atoms with Gasteiger partial charge in [-0.05, 0) is 60.4 Å². The van der Waals surface area contributed by atoms with Crippen molar-refractivity contribution in [3.05, 3.63) is 46.2 Å². The van der Waals surface area contributed by atoms with E-state index in [0.29, 0.717) is 28.1 Å². The second-order valence-electron chi connectivity index (χ2n) is 9.39. The van der Waals surface area contributed by atoms with Gasteiger partial charge < -0.3 is 19.2 Å². The van der Waals surface area contributed by atoms with Crippen molar-refractivity contribution in [1.29, 1.82) is 5.26 Å². The fourth-order valence-corrected chi connectivity index (χ4v) is 5.87. The molecule has 0 fully saturated rings. The van der Waals surface area contributed by atoms with Crippen LogP contribution < -0.4 is 14.8 Å². The minimum atomic E-state index is -0.216. The van der Waals surface area contributed by atoms with E-state index in [2.05, 4.69) is 42.4 Å². The SMILES string of the molecule is COc1ccc(OCc2nnc(SCC(=O)Nc3sc4c(c3C#N)CC[C@H](C(C)(C)C)C4)o2)cc1. The lowest BCUT2D eigenvalue weighted by molar-refractivity contribution is -0.113. The first-order valence-electron chi connectivity index (χ1n) is 11.3. The van der Waals surface area contributed by atoms with E-state index < -0.39 is 0 Å². The molecule has 0 unspecified atom stereocenters. The summed E-state index contributed by atoms with van der Waals surface area (Å²) in [5, 5.41) is 21.5. The van der Waals surface area contributed by atoms with Crippen LogP contribution >= 0.6 is 23.1 Å². The van der Waals surface area contributed by atoms with Crippen molar-refractivity contribution >= 4 is 34.0 Å². The predicted octanol–water partition coefficient (Wildman–Crippen LogP) is 5.47. The number of ether oxygens (including phenoxy) is 2. The van der Waals surface area contributed by atoms with Crippen LogP contribution in [0.15, 0.2) is 33.9 Å². The van der Waals surface area contributed by atoms with Crippen LogP contribution in [0.25, 0.3) is 0 Å². The Labute approximate surface area is 213 Å². The number of thiophene rings is 1. The number of amides is 1. The molecule has 0 bridgehead atoms. The van der Waals surface area contributed by atoms with Crippen molar-refractivity contribution in [3.63, 3.8) is 0 Å². The quantitative estimate of drug-likeness (QED) is 0.396. The van der Waals surface area contributed by atoms with Gasteiger partial charge >= 0.3 is 0 Å². The molecule has 0 spiro atoms. The van der Waals surface area contributed by atoms with Gasteiger partial charge in [0, 0.05) is 4.88 Å². The number of nitrogens with one attached hydrogen (secondary N) is 1. The van der Waals surface area contributed by atoms with Gasteiger partial charge in [-0.3, -0.25) is 4.79 Å². The molecule has 2 heterocycles. The molecule has 0 saturated carbocycles. The number of methoxy groups -OCH3 is 1. The molecule has 1 aromatic carbocycles. The number of hydrogen-bond acceptors (Lipinski definition) is 9. The summed E-state index contributed by atoms with van der Waals surface area (Å²) >= 11 is 2.67. The van der Waals surface area contributed by atoms with Gasteiger partial charge in [0.05, 0.1) is 18.4 Å². The van der Waals surface area contributed by atoms with Crippen LogP contribution in [0.3, 0.4) is 0 Å². The smallest absolute Gasteiger partial charge is 0.277 e. The highest BCUT2D eigenvalue weighted by atomic mass is 32.2. The summed E-state index contributed by atoms with van der Waals surface area (Å²) in [4.78, 5) is 13.8. The number of aromatic nitrogens is 2. The van der Waals surface area contributed by atoms with Crippen LogP contribution in [-0.4, -0.2) is 29.0 Å². The van der Waals surface area contributed by atoms with Gasteiger partial charge in [-0.2, -0.15) is 5.26 Å². The molecule has 0 radical (unpaired) electrons. The van der Waals surface area contributed by atoms with E-state index in [-0.39, 0.29) is 28.9 Å². The Morgan fingerprint density at radius 2 is 2.03 bits per heavy atom. The lowest BCUT2D eigenvalue weighted by Crippen LogP contribution is -2.26. The normalized spacial score (nSPS) is 15.2. The van der Waals surface area contributed by atoms with E-state index >= 15 is 0 Å². The van der Waals surface area contributed by atoms with Crippen LogP contribution in [0.1, 0.15) is 49.1 Å². The number of fused-ring (bicyclic) bond motifs is 1. The Balaban J connectivity index is 1.30. The molecule has 1 aliphatic rings. The summed E-state index contributed by atoms with van der Waals surface area (Å²) in [5.41, 5.74) is 1.92. The number of anilines is 1. The van der Waals surface area contributed by atoms with Gasteiger partial charge in [0.1, 0.15) is 22.6 Å². The van der Waals surface area contributed by atoms with Gasteiger partial charge in [-0.15, -0.1) is 21.5 Å². The standard InChI is InChI=1S/C25H28N4O4S2/c1-25(2,3)15-5-10-18-19(12-26)23(35-20(18)11-15)27-21(30)14-34-24-29-28-22(33-24)13-32-17-8-6-16(31-4)7-9-17/h6-9,15H,5,10-11,13-14H2,1-4H3,(H,27,30)/t15-/m0/s1. The van der Waals surface area contributed by atoms with Crippen LogP contribution in [-0.2, 0) is 24.2 Å². The molecule has 8 nitrogen and oxygen atoms in total. The van der Waals surface area contributed by atoms with Crippen molar-refractivity contribution in [2.75, 3.05) is 18.2 Å². The van der Waals surface area contributed by atoms with Gasteiger partial charge in [-0.1, -0.05) is 32.5 Å². The molecule has 0 aliphatic heterocycles. The fraction of sp³-hybridized carbons (Fsp3) is 0.440. The van der Waals surface area contributed by atoms with E-state index in [1.54, 1.807) is 31.4 Å². The Kier molecular flexibility index (Phi) is 7.67. The number of nitrogens with zero attached hydrogens (tertiary/aromatic N) is 3. The van der Waals surface area contributed by atoms with Crippen molar-refractivity contribution < 1.29 is 18.7 Å². The maximum absolute atomic E-state index is 12.6. The molecule has 1 atom stereocenters. The van der Waals surface area contributed by atoms with Gasteiger partial charge in [-0.25, -0.2) is 0 Å². The molecule has 1 N–H and O–H groups in total. The summed E-state index contributed by atoms with van der Waals surface area (Å²) in [7, 11) is 1.60. The zero-order valence-electron chi connectivity index (χ0n) is 20.2. The topological polar surface area (TPSA) is 110 Å². The molecule has 2 aromatic heterocycles. The molecular formula is C25H28N4O4S2. The van der Waals surface area contributed by atoms with Crippen molar-refractivity contribution in [2.24, 2.45) is 11.3 Å². The number of carbonyl (C=O) groups excluding carboxylic acids is 1. The average molecular weight is 513 g/mol. The van der Waals surface area contributed by atoms with Crippen molar-refractivity contribution in [3.8, 4) is 17.6 Å². The Bertz CT molecular complexity index is 1220. The van der Waals surface area contributed by atoms with E-state index in [0.717, 1.165) is 42.3 Å². The summed E-state index contributed by atoms with van der Waals surface area (Å²) in [6, 6.07) is 9.48. The zero-order valence-corrected chi connectivity index (χ0v) is 21.8. The highest BCUT2D eigenvalue weighted by Crippen LogP contribution is 2.44. The molecule has 35 heavy (non-hydrogen) atoms. The van der Waals surface area contributed by atoms with Crippen molar-refractivity contribution in [1.82, 2.24) is 10.2 Å². The fourth-order valence-electron chi connectivity index (χ4n) is 3.99. The first-order valence-corrected chi connectivity index (χ1v) is 13.1. The zero-order chi connectivity index (χ0) is 25.0. The van der Waals surface area contributed by atoms with Crippen LogP contribution in [0, 0.1) is 22.7 Å². The highest BCUT2D eigenvalue weighted by Gasteiger charge is 2.32. The number of thioether (sulfide) groups is 1. The third-order valence-corrected chi connectivity index (χ3v) is 8.04. The van der Waals surface area contributed by atoms with Crippen LogP contribution in [0.5, 0.6) is 11.5 Å². The summed E-state index contributed by atoms with van der Waals surface area (Å²) in [6.45, 7) is 6.90. The summed E-state index contributed by atoms with van der Waals surface area (Å²) in [5.74, 6) is 2.16. The number of carbonyl (C=O) groups is 1. The van der Waals surface area contributed by atoms with E-state index in [1.807, 2.05) is 0 Å². The maximum Gasteiger partial charge on any atom is 0.277 e. The third kappa shape index (κ3) is 6.16. The minimum Gasteiger partial charge on any atom is -0.497 e. The second kappa shape index (κ2) is 10.7. The first-order chi connectivity index (χ1) is 16.8. The number of hydrogen-bond donors (Lipinski definition) is 1.